The van der Waals surface area contributed by atoms with E-state index in [1.54, 1.807) is 6.20 Å². The van der Waals surface area contributed by atoms with Crippen molar-refractivity contribution in [2.75, 3.05) is 6.54 Å². The molecule has 1 amide bonds. The second-order valence-corrected chi connectivity index (χ2v) is 6.35. The summed E-state index contributed by atoms with van der Waals surface area (Å²) in [6.07, 6.45) is 3.32. The van der Waals surface area contributed by atoms with Gasteiger partial charge >= 0.3 is 0 Å². The van der Waals surface area contributed by atoms with Gasteiger partial charge in [0, 0.05) is 24.2 Å². The molecule has 128 valence electrons. The molecular formula is C21H23N3O. The number of rotatable bonds is 6. The highest BCUT2D eigenvalue weighted by atomic mass is 16.1. The van der Waals surface area contributed by atoms with Crippen LogP contribution in [0.15, 0.2) is 60.8 Å². The van der Waals surface area contributed by atoms with Crippen molar-refractivity contribution in [2.24, 2.45) is 5.73 Å². The summed E-state index contributed by atoms with van der Waals surface area (Å²) < 4.78 is 0. The summed E-state index contributed by atoms with van der Waals surface area (Å²) in [6.45, 7) is 2.44. The summed E-state index contributed by atoms with van der Waals surface area (Å²) in [4.78, 5) is 16.9. The minimum Gasteiger partial charge on any atom is -0.348 e. The Labute approximate surface area is 148 Å². The molecule has 0 saturated heterocycles. The first-order valence-electron chi connectivity index (χ1n) is 8.57. The number of aromatic nitrogens is 1. The fourth-order valence-corrected chi connectivity index (χ4v) is 2.88. The lowest BCUT2D eigenvalue weighted by Gasteiger charge is -2.17. The number of nitrogens with zero attached hydrogens (tertiary/aromatic N) is 1. The van der Waals surface area contributed by atoms with Gasteiger partial charge < -0.3 is 11.1 Å². The molecule has 0 aliphatic heterocycles. The van der Waals surface area contributed by atoms with E-state index in [2.05, 4.69) is 22.4 Å². The maximum absolute atomic E-state index is 12.5. The Morgan fingerprint density at radius 2 is 1.96 bits per heavy atom. The van der Waals surface area contributed by atoms with E-state index in [-0.39, 0.29) is 11.9 Å². The van der Waals surface area contributed by atoms with Gasteiger partial charge in [0.25, 0.3) is 5.91 Å². The van der Waals surface area contributed by atoms with Gasteiger partial charge in [-0.3, -0.25) is 9.78 Å². The lowest BCUT2D eigenvalue weighted by Crippen LogP contribution is -2.40. The molecule has 3 rings (SSSR count). The molecule has 4 heteroatoms. The van der Waals surface area contributed by atoms with Gasteiger partial charge in [-0.1, -0.05) is 42.0 Å². The van der Waals surface area contributed by atoms with Gasteiger partial charge in [0.05, 0.1) is 11.1 Å². The molecule has 0 fully saturated rings. The van der Waals surface area contributed by atoms with Gasteiger partial charge in [-0.05, 0) is 43.5 Å². The fourth-order valence-electron chi connectivity index (χ4n) is 2.88. The highest BCUT2D eigenvalue weighted by Gasteiger charge is 2.13. The highest BCUT2D eigenvalue weighted by molar-refractivity contribution is 5.97. The molecule has 0 radical (unpaired) electrons. The van der Waals surface area contributed by atoms with E-state index in [1.165, 1.54) is 5.56 Å². The molecule has 0 aliphatic carbocycles. The van der Waals surface area contributed by atoms with Crippen LogP contribution in [0.1, 0.15) is 27.9 Å². The topological polar surface area (TPSA) is 68.0 Å². The van der Waals surface area contributed by atoms with Crippen molar-refractivity contribution in [3.8, 4) is 0 Å². The number of pyridine rings is 1. The van der Waals surface area contributed by atoms with Crippen LogP contribution in [0, 0.1) is 6.92 Å². The minimum absolute atomic E-state index is 0.0547. The number of hydrogen-bond acceptors (Lipinski definition) is 3. The van der Waals surface area contributed by atoms with Crippen LogP contribution in [0.5, 0.6) is 0 Å². The van der Waals surface area contributed by atoms with Gasteiger partial charge in [-0.25, -0.2) is 0 Å². The minimum atomic E-state index is -0.126. The monoisotopic (exact) mass is 333 g/mol. The Bertz CT molecular complexity index is 861. The Kier molecular flexibility index (Phi) is 5.41. The van der Waals surface area contributed by atoms with Crippen LogP contribution in [0.3, 0.4) is 0 Å². The number of nitrogens with one attached hydrogen (secondary N) is 1. The van der Waals surface area contributed by atoms with E-state index in [0.29, 0.717) is 12.1 Å². The van der Waals surface area contributed by atoms with Crippen LogP contribution in [0.2, 0.25) is 0 Å². The molecule has 0 unspecified atom stereocenters. The maximum Gasteiger partial charge on any atom is 0.253 e. The van der Waals surface area contributed by atoms with Crippen molar-refractivity contribution in [1.29, 1.82) is 0 Å². The predicted molar refractivity (Wildman–Crippen MR) is 102 cm³/mol. The van der Waals surface area contributed by atoms with Gasteiger partial charge in [-0.15, -0.1) is 0 Å². The van der Waals surface area contributed by atoms with E-state index >= 15 is 0 Å². The third kappa shape index (κ3) is 4.43. The smallest absolute Gasteiger partial charge is 0.253 e. The van der Waals surface area contributed by atoms with Crippen LogP contribution >= 0.6 is 0 Å². The molecule has 3 aromatic rings. The molecule has 1 aromatic heterocycles. The number of benzene rings is 2. The van der Waals surface area contributed by atoms with Crippen LogP contribution in [0.4, 0.5) is 0 Å². The zero-order chi connectivity index (χ0) is 17.6. The average Bonchev–Trinajstić information content (AvgIpc) is 2.65. The van der Waals surface area contributed by atoms with E-state index in [4.69, 9.17) is 5.73 Å². The Morgan fingerprint density at radius 3 is 2.72 bits per heavy atom. The third-order valence-electron chi connectivity index (χ3n) is 4.34. The molecule has 0 bridgehead atoms. The normalized spacial score (nSPS) is 12.1. The summed E-state index contributed by atoms with van der Waals surface area (Å²) in [5.41, 5.74) is 9.70. The molecule has 0 saturated carbocycles. The standard InChI is InChI=1S/C21H23N3O/c1-15-7-10-20-17(11-15)12-18(14-23-20)21(25)24-19(13-22)9-8-16-5-3-2-4-6-16/h2-7,10-12,14,19H,8-9,13,22H2,1H3,(H,24,25)/t19-/m0/s1. The Hall–Kier alpha value is -2.72. The third-order valence-corrected chi connectivity index (χ3v) is 4.34. The summed E-state index contributed by atoms with van der Waals surface area (Å²) in [6, 6.07) is 18.1. The largest absolute Gasteiger partial charge is 0.348 e. The molecule has 1 heterocycles. The molecule has 2 aromatic carbocycles. The molecule has 0 spiro atoms. The Balaban J connectivity index is 1.67. The van der Waals surface area contributed by atoms with E-state index < -0.39 is 0 Å². The van der Waals surface area contributed by atoms with Crippen molar-refractivity contribution >= 4 is 16.8 Å². The van der Waals surface area contributed by atoms with Crippen molar-refractivity contribution < 1.29 is 4.79 Å². The maximum atomic E-state index is 12.5. The van der Waals surface area contributed by atoms with E-state index in [0.717, 1.165) is 29.3 Å². The molecule has 3 N–H and O–H groups in total. The number of carbonyl (C=O) groups is 1. The first-order chi connectivity index (χ1) is 12.2. The second-order valence-electron chi connectivity index (χ2n) is 6.35. The summed E-state index contributed by atoms with van der Waals surface area (Å²) in [7, 11) is 0. The first-order valence-corrected chi connectivity index (χ1v) is 8.57. The van der Waals surface area contributed by atoms with E-state index in [9.17, 15) is 4.79 Å². The zero-order valence-electron chi connectivity index (χ0n) is 14.4. The number of aryl methyl sites for hydroxylation is 2. The lowest BCUT2D eigenvalue weighted by molar-refractivity contribution is 0.0936. The number of fused-ring (bicyclic) bond motifs is 1. The number of amides is 1. The number of carbonyl (C=O) groups excluding carboxylic acids is 1. The van der Waals surface area contributed by atoms with Gasteiger partial charge in [-0.2, -0.15) is 0 Å². The quantitative estimate of drug-likeness (QED) is 0.728. The predicted octanol–water partition coefficient (Wildman–Crippen LogP) is 3.23. The highest BCUT2D eigenvalue weighted by Crippen LogP contribution is 2.15. The number of hydrogen-bond donors (Lipinski definition) is 2. The summed E-state index contributed by atoms with van der Waals surface area (Å²) in [5, 5.41) is 4.00. The van der Waals surface area contributed by atoms with Crippen LogP contribution in [0.25, 0.3) is 10.9 Å². The molecule has 1 atom stereocenters. The molecule has 0 aliphatic rings. The van der Waals surface area contributed by atoms with E-state index in [1.807, 2.05) is 49.4 Å². The van der Waals surface area contributed by atoms with Crippen molar-refractivity contribution in [3.63, 3.8) is 0 Å². The van der Waals surface area contributed by atoms with Crippen LogP contribution in [-0.2, 0) is 6.42 Å². The van der Waals surface area contributed by atoms with Crippen LogP contribution in [-0.4, -0.2) is 23.5 Å². The molecular weight excluding hydrogens is 310 g/mol. The average molecular weight is 333 g/mol. The summed E-state index contributed by atoms with van der Waals surface area (Å²) >= 11 is 0. The van der Waals surface area contributed by atoms with Crippen LogP contribution < -0.4 is 11.1 Å². The Morgan fingerprint density at radius 1 is 1.16 bits per heavy atom. The SMILES string of the molecule is Cc1ccc2ncc(C(=O)N[C@H](CN)CCc3ccccc3)cc2c1. The molecule has 4 nitrogen and oxygen atoms in total. The van der Waals surface area contributed by atoms with Crippen molar-refractivity contribution in [3.05, 3.63) is 77.5 Å². The number of nitrogens with two attached hydrogens (primary N) is 1. The second kappa shape index (κ2) is 7.90. The van der Waals surface area contributed by atoms with Gasteiger partial charge in [0.1, 0.15) is 0 Å². The van der Waals surface area contributed by atoms with Gasteiger partial charge in [0.15, 0.2) is 0 Å². The van der Waals surface area contributed by atoms with Gasteiger partial charge in [0.2, 0.25) is 0 Å². The first kappa shape index (κ1) is 17.1. The van der Waals surface area contributed by atoms with Crippen molar-refractivity contribution in [2.45, 2.75) is 25.8 Å². The van der Waals surface area contributed by atoms with Crippen molar-refractivity contribution in [1.82, 2.24) is 10.3 Å². The lowest BCUT2D eigenvalue weighted by atomic mass is 10.0. The fraction of sp³-hybridized carbons (Fsp3) is 0.238. The molecule has 25 heavy (non-hydrogen) atoms. The zero-order valence-corrected chi connectivity index (χ0v) is 14.4. The summed E-state index contributed by atoms with van der Waals surface area (Å²) in [5.74, 6) is -0.126.